The van der Waals surface area contributed by atoms with E-state index in [-0.39, 0.29) is 17.1 Å². The smallest absolute Gasteiger partial charge is 0.225 e. The van der Waals surface area contributed by atoms with Crippen LogP contribution in [0.3, 0.4) is 0 Å². The zero-order valence-electron chi connectivity index (χ0n) is 15.1. The third-order valence-corrected chi connectivity index (χ3v) is 4.34. The minimum absolute atomic E-state index is 0.164. The fraction of sp³-hybridized carbons (Fsp3) is 0.789. The molecule has 1 N–H and O–H groups in total. The van der Waals surface area contributed by atoms with Crippen molar-refractivity contribution in [3.63, 3.8) is 0 Å². The highest BCUT2D eigenvalue weighted by Crippen LogP contribution is 2.19. The first-order valence-corrected chi connectivity index (χ1v) is 8.78. The van der Waals surface area contributed by atoms with E-state index in [0.29, 0.717) is 12.0 Å². The van der Waals surface area contributed by atoms with Gasteiger partial charge in [-0.15, -0.1) is 0 Å². The third kappa shape index (κ3) is 9.75. The van der Waals surface area contributed by atoms with Crippen LogP contribution in [0.25, 0.3) is 0 Å². The van der Waals surface area contributed by atoms with Gasteiger partial charge in [0.25, 0.3) is 0 Å². The highest BCUT2D eigenvalue weighted by Gasteiger charge is 2.24. The maximum atomic E-state index is 11.9. The van der Waals surface area contributed by atoms with Crippen LogP contribution in [-0.4, -0.2) is 18.2 Å². The van der Waals surface area contributed by atoms with E-state index in [1.165, 1.54) is 19.3 Å². The normalized spacial score (nSPS) is 11.3. The van der Waals surface area contributed by atoms with Crippen molar-refractivity contribution >= 4 is 11.7 Å². The number of carbonyl (C=O) groups is 2. The van der Waals surface area contributed by atoms with Crippen LogP contribution >= 0.6 is 0 Å². The highest BCUT2D eigenvalue weighted by molar-refractivity contribution is 5.93. The third-order valence-electron chi connectivity index (χ3n) is 4.34. The summed E-state index contributed by atoms with van der Waals surface area (Å²) in [6.45, 7) is 12.3. The summed E-state index contributed by atoms with van der Waals surface area (Å²) in [5.74, 6) is 0.364. The minimum atomic E-state index is -0.249. The van der Waals surface area contributed by atoms with E-state index in [9.17, 15) is 9.59 Å². The number of hydrogen-bond acceptors (Lipinski definition) is 2. The maximum absolute atomic E-state index is 11.9. The van der Waals surface area contributed by atoms with E-state index in [0.717, 1.165) is 38.6 Å². The molecule has 0 aromatic heterocycles. The molecule has 0 unspecified atom stereocenters. The fourth-order valence-corrected chi connectivity index (χ4v) is 2.11. The second kappa shape index (κ2) is 11.4. The van der Waals surface area contributed by atoms with E-state index in [1.807, 2.05) is 20.8 Å². The first-order valence-electron chi connectivity index (χ1n) is 8.78. The Morgan fingerprint density at radius 3 is 1.95 bits per heavy atom. The second-order valence-corrected chi connectivity index (χ2v) is 6.92. The van der Waals surface area contributed by atoms with Crippen molar-refractivity contribution in [2.24, 2.45) is 5.41 Å². The number of Topliss-reactive ketones (excluding diaryl/α,β-unsaturated/α-hetero) is 1. The predicted octanol–water partition coefficient (Wildman–Crippen LogP) is 4.80. The molecule has 0 aliphatic heterocycles. The van der Waals surface area contributed by atoms with E-state index in [2.05, 4.69) is 11.9 Å². The maximum Gasteiger partial charge on any atom is 0.225 e. The van der Waals surface area contributed by atoms with Crippen molar-refractivity contribution in [1.29, 1.82) is 0 Å². The molecule has 0 aliphatic rings. The summed E-state index contributed by atoms with van der Waals surface area (Å²) in [5.41, 5.74) is 0.426. The second-order valence-electron chi connectivity index (χ2n) is 6.92. The lowest BCUT2D eigenvalue weighted by atomic mass is 9.89. The molecule has 0 aromatic carbocycles. The average Bonchev–Trinajstić information content (AvgIpc) is 2.48. The SMILES string of the molecule is C=C(C)C(=O)CCCCCCCCCNC(=O)C(C)(C)CC. The summed E-state index contributed by atoms with van der Waals surface area (Å²) in [4.78, 5) is 23.2. The first-order chi connectivity index (χ1) is 10.3. The molecule has 3 heteroatoms. The molecule has 0 aromatic rings. The van der Waals surface area contributed by atoms with Gasteiger partial charge in [0, 0.05) is 18.4 Å². The lowest BCUT2D eigenvalue weighted by Gasteiger charge is -2.21. The molecule has 1 amide bonds. The fourth-order valence-electron chi connectivity index (χ4n) is 2.11. The van der Waals surface area contributed by atoms with E-state index in [4.69, 9.17) is 0 Å². The molecule has 0 heterocycles. The van der Waals surface area contributed by atoms with Crippen LogP contribution in [0.1, 0.15) is 85.5 Å². The van der Waals surface area contributed by atoms with Gasteiger partial charge in [-0.25, -0.2) is 0 Å². The molecule has 0 spiro atoms. The Labute approximate surface area is 136 Å². The van der Waals surface area contributed by atoms with Crippen molar-refractivity contribution in [3.05, 3.63) is 12.2 Å². The zero-order chi connectivity index (χ0) is 17.0. The Morgan fingerprint density at radius 1 is 0.955 bits per heavy atom. The summed E-state index contributed by atoms with van der Waals surface area (Å²) in [6, 6.07) is 0. The van der Waals surface area contributed by atoms with Crippen LogP contribution < -0.4 is 5.32 Å². The predicted molar refractivity (Wildman–Crippen MR) is 93.8 cm³/mol. The molecular formula is C19H35NO2. The van der Waals surface area contributed by atoms with Gasteiger partial charge in [-0.1, -0.05) is 59.5 Å². The van der Waals surface area contributed by atoms with Crippen molar-refractivity contribution in [2.75, 3.05) is 6.54 Å². The van der Waals surface area contributed by atoms with Gasteiger partial charge in [0.1, 0.15) is 0 Å². The summed E-state index contributed by atoms with van der Waals surface area (Å²) in [7, 11) is 0. The molecule has 0 saturated heterocycles. The first kappa shape index (κ1) is 20.9. The summed E-state index contributed by atoms with van der Waals surface area (Å²) >= 11 is 0. The van der Waals surface area contributed by atoms with Gasteiger partial charge in [0.2, 0.25) is 5.91 Å². The topological polar surface area (TPSA) is 46.2 Å². The van der Waals surface area contributed by atoms with Crippen LogP contribution in [0.5, 0.6) is 0 Å². The van der Waals surface area contributed by atoms with Gasteiger partial charge in [-0.3, -0.25) is 9.59 Å². The number of ketones is 1. The molecule has 0 saturated carbocycles. The van der Waals surface area contributed by atoms with Crippen molar-refractivity contribution in [2.45, 2.75) is 85.5 Å². The van der Waals surface area contributed by atoms with Gasteiger partial charge in [0.05, 0.1) is 0 Å². The number of amides is 1. The molecule has 0 fully saturated rings. The quantitative estimate of drug-likeness (QED) is 0.392. The Morgan fingerprint density at radius 2 is 1.45 bits per heavy atom. The Hall–Kier alpha value is -1.12. The summed E-state index contributed by atoms with van der Waals surface area (Å²) in [6.07, 6.45) is 9.46. The molecule has 0 atom stereocenters. The van der Waals surface area contributed by atoms with Gasteiger partial charge in [0.15, 0.2) is 5.78 Å². The highest BCUT2D eigenvalue weighted by atomic mass is 16.2. The molecule has 22 heavy (non-hydrogen) atoms. The van der Waals surface area contributed by atoms with Crippen LogP contribution in [0, 0.1) is 5.41 Å². The lowest BCUT2D eigenvalue weighted by molar-refractivity contribution is -0.129. The Kier molecular flexibility index (Phi) is 10.9. The van der Waals surface area contributed by atoms with Gasteiger partial charge >= 0.3 is 0 Å². The van der Waals surface area contributed by atoms with E-state index in [1.54, 1.807) is 6.92 Å². The lowest BCUT2D eigenvalue weighted by Crippen LogP contribution is -2.36. The van der Waals surface area contributed by atoms with Gasteiger partial charge in [-0.05, 0) is 31.8 Å². The van der Waals surface area contributed by atoms with Crippen molar-refractivity contribution < 1.29 is 9.59 Å². The van der Waals surface area contributed by atoms with Crippen LogP contribution in [0.4, 0.5) is 0 Å². The number of hydrogen-bond donors (Lipinski definition) is 1. The zero-order valence-corrected chi connectivity index (χ0v) is 15.1. The van der Waals surface area contributed by atoms with Gasteiger partial charge < -0.3 is 5.32 Å². The Balaban J connectivity index is 3.40. The standard InChI is InChI=1S/C19H35NO2/c1-6-19(4,5)18(22)20-15-13-11-9-7-8-10-12-14-17(21)16(2)3/h2,6-15H2,1,3-5H3,(H,20,22). The molecular weight excluding hydrogens is 274 g/mol. The number of carbonyl (C=O) groups excluding carboxylic acids is 2. The molecule has 0 rings (SSSR count). The summed E-state index contributed by atoms with van der Waals surface area (Å²) in [5, 5.41) is 3.02. The van der Waals surface area contributed by atoms with Crippen LogP contribution in [-0.2, 0) is 9.59 Å². The Bertz CT molecular complexity index is 358. The van der Waals surface area contributed by atoms with Crippen molar-refractivity contribution in [1.82, 2.24) is 5.32 Å². The number of unbranched alkanes of at least 4 members (excludes halogenated alkanes) is 6. The minimum Gasteiger partial charge on any atom is -0.356 e. The number of allylic oxidation sites excluding steroid dienone is 1. The number of rotatable bonds is 13. The molecule has 0 bridgehead atoms. The average molecular weight is 309 g/mol. The summed E-state index contributed by atoms with van der Waals surface area (Å²) < 4.78 is 0. The van der Waals surface area contributed by atoms with E-state index >= 15 is 0 Å². The number of nitrogens with one attached hydrogen (secondary N) is 1. The molecule has 0 radical (unpaired) electrons. The van der Waals surface area contributed by atoms with Crippen molar-refractivity contribution in [3.8, 4) is 0 Å². The molecule has 128 valence electrons. The van der Waals surface area contributed by atoms with E-state index < -0.39 is 0 Å². The van der Waals surface area contributed by atoms with Gasteiger partial charge in [-0.2, -0.15) is 0 Å². The molecule has 0 aliphatic carbocycles. The van der Waals surface area contributed by atoms with Crippen LogP contribution in [0.2, 0.25) is 0 Å². The monoisotopic (exact) mass is 309 g/mol. The molecule has 3 nitrogen and oxygen atoms in total. The largest absolute Gasteiger partial charge is 0.356 e. The van der Waals surface area contributed by atoms with Crippen LogP contribution in [0.15, 0.2) is 12.2 Å².